The van der Waals surface area contributed by atoms with Gasteiger partial charge in [0.25, 0.3) is 0 Å². The standard InChI is InChI=1S/C34H43N3O2S/c1-25(2)24-39-31-17-11-27(12-18-31)23-36-19-21-37(22-20-36)34(38)29-13-15-30(16-14-29)35-40-32-10-6-9-28-8-5-4-7-26(3)33(28)32/h4-6,8-11,13,15-18,25,27,29,33,35H,3,7,12,14,19-24H2,1-2H3. The highest BCUT2D eigenvalue weighted by molar-refractivity contribution is 8.01. The number of nitrogens with zero attached hydrogens (tertiary/aromatic N) is 2. The van der Waals surface area contributed by atoms with E-state index < -0.39 is 0 Å². The second kappa shape index (κ2) is 13.6. The molecular weight excluding hydrogens is 514 g/mol. The Balaban J connectivity index is 1.03. The van der Waals surface area contributed by atoms with Crippen molar-refractivity contribution in [1.82, 2.24) is 14.5 Å². The Morgan fingerprint density at radius 2 is 1.93 bits per heavy atom. The van der Waals surface area contributed by atoms with E-state index in [-0.39, 0.29) is 17.7 Å². The lowest BCUT2D eigenvalue weighted by Crippen LogP contribution is -2.51. The molecule has 0 radical (unpaired) electrons. The van der Waals surface area contributed by atoms with Crippen LogP contribution < -0.4 is 4.72 Å². The number of hydrogen-bond donors (Lipinski definition) is 1. The molecule has 0 aromatic heterocycles. The van der Waals surface area contributed by atoms with E-state index in [1.807, 2.05) is 0 Å². The van der Waals surface area contributed by atoms with Crippen molar-refractivity contribution in [2.75, 3.05) is 39.3 Å². The molecule has 1 heterocycles. The third-order valence-corrected chi connectivity index (χ3v) is 8.94. The van der Waals surface area contributed by atoms with Gasteiger partial charge in [-0.3, -0.25) is 9.69 Å². The zero-order valence-corrected chi connectivity index (χ0v) is 24.7. The first-order chi connectivity index (χ1) is 19.5. The molecule has 1 aliphatic heterocycles. The van der Waals surface area contributed by atoms with Crippen molar-refractivity contribution in [3.05, 3.63) is 107 Å². The summed E-state index contributed by atoms with van der Waals surface area (Å²) in [4.78, 5) is 19.1. The average Bonchev–Trinajstić information content (AvgIpc) is 3.17. The maximum atomic E-state index is 13.3. The third kappa shape index (κ3) is 7.41. The van der Waals surface area contributed by atoms with Gasteiger partial charge in [0.05, 0.1) is 12.5 Å². The minimum atomic E-state index is -0.0724. The van der Waals surface area contributed by atoms with Crippen molar-refractivity contribution in [3.8, 4) is 0 Å². The first-order valence-electron chi connectivity index (χ1n) is 14.7. The van der Waals surface area contributed by atoms with Crippen LogP contribution in [0, 0.1) is 23.7 Å². The van der Waals surface area contributed by atoms with Gasteiger partial charge in [0.1, 0.15) is 5.76 Å². The molecule has 4 aliphatic carbocycles. The van der Waals surface area contributed by atoms with Crippen LogP contribution in [0.4, 0.5) is 0 Å². The van der Waals surface area contributed by atoms with Crippen LogP contribution in [0.2, 0.25) is 0 Å². The summed E-state index contributed by atoms with van der Waals surface area (Å²) in [7, 11) is 0. The van der Waals surface area contributed by atoms with Crippen LogP contribution in [0.5, 0.6) is 0 Å². The number of piperazine rings is 1. The molecule has 3 unspecified atom stereocenters. The second-order valence-electron chi connectivity index (χ2n) is 11.7. The van der Waals surface area contributed by atoms with Crippen molar-refractivity contribution >= 4 is 17.9 Å². The van der Waals surface area contributed by atoms with Gasteiger partial charge in [-0.2, -0.15) is 0 Å². The van der Waals surface area contributed by atoms with Crippen molar-refractivity contribution in [2.45, 2.75) is 33.1 Å². The Kier molecular flexibility index (Phi) is 9.71. The summed E-state index contributed by atoms with van der Waals surface area (Å²) in [5.74, 6) is 2.48. The highest BCUT2D eigenvalue weighted by Gasteiger charge is 2.28. The summed E-state index contributed by atoms with van der Waals surface area (Å²) in [6.45, 7) is 14.0. The van der Waals surface area contributed by atoms with Crippen LogP contribution in [0.25, 0.3) is 0 Å². The average molecular weight is 558 g/mol. The van der Waals surface area contributed by atoms with E-state index in [0.29, 0.717) is 11.8 Å². The lowest BCUT2D eigenvalue weighted by Gasteiger charge is -2.37. The summed E-state index contributed by atoms with van der Waals surface area (Å²) in [5.41, 5.74) is 3.57. The quantitative estimate of drug-likeness (QED) is 0.260. The lowest BCUT2D eigenvalue weighted by atomic mass is 9.87. The largest absolute Gasteiger partial charge is 0.494 e. The SMILES string of the molecule is C=C1CC=CC=C2C=CC=C(SNC3=CCC(C(=O)N4CCN(CC5C=CC(OCC(C)C)=CC5)CC4)C=C3)C12. The first kappa shape index (κ1) is 28.6. The molecule has 212 valence electrons. The molecule has 0 aromatic carbocycles. The Labute approximate surface area is 244 Å². The van der Waals surface area contributed by atoms with Crippen LogP contribution in [-0.2, 0) is 9.53 Å². The summed E-state index contributed by atoms with van der Waals surface area (Å²) in [5, 5.41) is 0. The topological polar surface area (TPSA) is 44.8 Å². The lowest BCUT2D eigenvalue weighted by molar-refractivity contribution is -0.135. The summed E-state index contributed by atoms with van der Waals surface area (Å²) >= 11 is 1.65. The highest BCUT2D eigenvalue weighted by atomic mass is 32.2. The molecule has 6 heteroatoms. The van der Waals surface area contributed by atoms with Crippen LogP contribution >= 0.6 is 11.9 Å². The van der Waals surface area contributed by atoms with Gasteiger partial charge >= 0.3 is 0 Å². The number of carbonyl (C=O) groups excluding carboxylic acids is 1. The van der Waals surface area contributed by atoms with E-state index in [0.717, 1.165) is 70.0 Å². The zero-order valence-electron chi connectivity index (χ0n) is 23.9. The fraction of sp³-hybridized carbons (Fsp3) is 0.441. The molecule has 1 N–H and O–H groups in total. The molecule has 3 atom stereocenters. The van der Waals surface area contributed by atoms with E-state index in [1.54, 1.807) is 11.9 Å². The van der Waals surface area contributed by atoms with Gasteiger partial charge in [0.15, 0.2) is 0 Å². The molecule has 1 amide bonds. The predicted octanol–water partition coefficient (Wildman–Crippen LogP) is 6.47. The molecule has 1 saturated heterocycles. The van der Waals surface area contributed by atoms with Gasteiger partial charge < -0.3 is 14.4 Å². The molecule has 0 aromatic rings. The normalized spacial score (nSPS) is 26.5. The van der Waals surface area contributed by atoms with E-state index in [4.69, 9.17) is 4.74 Å². The van der Waals surface area contributed by atoms with Crippen molar-refractivity contribution in [3.63, 3.8) is 0 Å². The Bertz CT molecular complexity index is 1210. The molecule has 5 aliphatic rings. The summed E-state index contributed by atoms with van der Waals surface area (Å²) < 4.78 is 9.36. The van der Waals surface area contributed by atoms with Gasteiger partial charge in [-0.15, -0.1) is 0 Å². The second-order valence-corrected chi connectivity index (χ2v) is 12.6. The minimum Gasteiger partial charge on any atom is -0.494 e. The molecule has 0 saturated carbocycles. The highest BCUT2D eigenvalue weighted by Crippen LogP contribution is 2.39. The monoisotopic (exact) mass is 557 g/mol. The van der Waals surface area contributed by atoms with Gasteiger partial charge in [0.2, 0.25) is 5.91 Å². The molecule has 5 rings (SSSR count). The van der Waals surface area contributed by atoms with Crippen LogP contribution in [0.1, 0.15) is 33.1 Å². The fourth-order valence-electron chi connectivity index (χ4n) is 5.67. The van der Waals surface area contributed by atoms with Crippen molar-refractivity contribution < 1.29 is 9.53 Å². The Hall–Kier alpha value is -2.96. The maximum Gasteiger partial charge on any atom is 0.229 e. The van der Waals surface area contributed by atoms with E-state index in [2.05, 4.69) is 108 Å². The Morgan fingerprint density at radius 1 is 1.07 bits per heavy atom. The number of ether oxygens (including phenoxy) is 1. The fourth-order valence-corrected chi connectivity index (χ4v) is 6.63. The molecule has 40 heavy (non-hydrogen) atoms. The van der Waals surface area contributed by atoms with Crippen LogP contribution in [0.3, 0.4) is 0 Å². The summed E-state index contributed by atoms with van der Waals surface area (Å²) in [6.07, 6.45) is 28.6. The predicted molar refractivity (Wildman–Crippen MR) is 167 cm³/mol. The molecule has 0 bridgehead atoms. The number of fused-ring (bicyclic) bond motifs is 1. The molecular formula is C34H43N3O2S. The van der Waals surface area contributed by atoms with Gasteiger partial charge in [0, 0.05) is 49.2 Å². The Morgan fingerprint density at radius 3 is 2.65 bits per heavy atom. The van der Waals surface area contributed by atoms with E-state index >= 15 is 0 Å². The van der Waals surface area contributed by atoms with E-state index in [1.165, 1.54) is 16.1 Å². The van der Waals surface area contributed by atoms with Crippen molar-refractivity contribution in [2.24, 2.45) is 23.7 Å². The number of hydrogen-bond acceptors (Lipinski definition) is 5. The smallest absolute Gasteiger partial charge is 0.229 e. The van der Waals surface area contributed by atoms with Gasteiger partial charge in [-0.25, -0.2) is 0 Å². The van der Waals surface area contributed by atoms with Crippen molar-refractivity contribution in [1.29, 1.82) is 0 Å². The van der Waals surface area contributed by atoms with Crippen LogP contribution in [-0.4, -0.2) is 55.0 Å². The first-order valence-corrected chi connectivity index (χ1v) is 15.5. The number of amides is 1. The minimum absolute atomic E-state index is 0.0724. The van der Waals surface area contributed by atoms with Gasteiger partial charge in [-0.1, -0.05) is 74.6 Å². The third-order valence-electron chi connectivity index (χ3n) is 8.00. The zero-order chi connectivity index (χ0) is 27.9. The molecule has 0 spiro atoms. The maximum absolute atomic E-state index is 13.3. The van der Waals surface area contributed by atoms with Gasteiger partial charge in [-0.05, 0) is 72.9 Å². The number of rotatable bonds is 9. The summed E-state index contributed by atoms with van der Waals surface area (Å²) in [6, 6.07) is 0. The van der Waals surface area contributed by atoms with Crippen LogP contribution in [0.15, 0.2) is 107 Å². The van der Waals surface area contributed by atoms with E-state index in [9.17, 15) is 4.79 Å². The molecule has 1 fully saturated rings. The number of carbonyl (C=O) groups is 1. The number of nitrogens with one attached hydrogen (secondary N) is 1. The molecule has 5 nitrogen and oxygen atoms in total. The number of allylic oxidation sites excluding steroid dienone is 13.